The summed E-state index contributed by atoms with van der Waals surface area (Å²) >= 11 is 0. The second kappa shape index (κ2) is 7.85. The Bertz CT molecular complexity index is 745. The van der Waals surface area contributed by atoms with Crippen LogP contribution in [0, 0.1) is 5.92 Å². The van der Waals surface area contributed by atoms with Gasteiger partial charge in [0.05, 0.1) is 11.4 Å². The molecule has 1 aliphatic rings. The summed E-state index contributed by atoms with van der Waals surface area (Å²) in [7, 11) is 1.80. The molecule has 7 heteroatoms. The number of benzene rings is 1. The second-order valence-electron chi connectivity index (χ2n) is 5.85. The number of rotatable bonds is 5. The number of pyridine rings is 1. The third-order valence-electron chi connectivity index (χ3n) is 4.10. The SMILES string of the molecule is CNc1cc(Oc2ccnc(NC(=O)C3CCOCC3)c2)ccc1N. The van der Waals surface area contributed by atoms with Gasteiger partial charge in [-0.2, -0.15) is 0 Å². The minimum Gasteiger partial charge on any atom is -0.457 e. The average molecular weight is 342 g/mol. The van der Waals surface area contributed by atoms with E-state index < -0.39 is 0 Å². The number of carbonyl (C=O) groups excluding carboxylic acids is 1. The molecule has 1 aromatic carbocycles. The van der Waals surface area contributed by atoms with Gasteiger partial charge in [-0.05, 0) is 31.0 Å². The van der Waals surface area contributed by atoms with Crippen molar-refractivity contribution in [1.82, 2.24) is 4.98 Å². The minimum absolute atomic E-state index is 0.0297. The van der Waals surface area contributed by atoms with Crippen molar-refractivity contribution in [2.75, 3.05) is 36.6 Å². The Kier molecular flexibility index (Phi) is 5.35. The Morgan fingerprint density at radius 3 is 2.76 bits per heavy atom. The molecule has 2 aromatic rings. The van der Waals surface area contributed by atoms with Gasteiger partial charge in [0.15, 0.2) is 0 Å². The summed E-state index contributed by atoms with van der Waals surface area (Å²) in [6.07, 6.45) is 3.08. The molecule has 132 valence electrons. The van der Waals surface area contributed by atoms with Gasteiger partial charge in [-0.15, -0.1) is 0 Å². The van der Waals surface area contributed by atoms with Crippen molar-refractivity contribution in [2.45, 2.75) is 12.8 Å². The van der Waals surface area contributed by atoms with Crippen molar-refractivity contribution in [3.8, 4) is 11.5 Å². The minimum atomic E-state index is -0.0320. The van der Waals surface area contributed by atoms with Crippen LogP contribution in [-0.4, -0.2) is 31.2 Å². The number of nitrogens with zero attached hydrogens (tertiary/aromatic N) is 1. The number of aromatic nitrogens is 1. The van der Waals surface area contributed by atoms with Crippen molar-refractivity contribution in [2.24, 2.45) is 5.92 Å². The van der Waals surface area contributed by atoms with Gasteiger partial charge in [0.2, 0.25) is 5.91 Å². The lowest BCUT2D eigenvalue weighted by Gasteiger charge is -2.21. The quantitative estimate of drug-likeness (QED) is 0.723. The number of anilines is 3. The normalized spacial score (nSPS) is 14.8. The van der Waals surface area contributed by atoms with Crippen LogP contribution in [0.2, 0.25) is 0 Å². The van der Waals surface area contributed by atoms with Gasteiger partial charge in [0.25, 0.3) is 0 Å². The lowest BCUT2D eigenvalue weighted by atomic mass is 9.99. The van der Waals surface area contributed by atoms with E-state index in [1.165, 1.54) is 0 Å². The molecule has 0 aliphatic carbocycles. The molecule has 3 rings (SSSR count). The van der Waals surface area contributed by atoms with Crippen molar-refractivity contribution < 1.29 is 14.3 Å². The third kappa shape index (κ3) is 4.39. The Hall–Kier alpha value is -2.80. The zero-order valence-corrected chi connectivity index (χ0v) is 14.1. The van der Waals surface area contributed by atoms with Crippen LogP contribution < -0.4 is 21.1 Å². The maximum atomic E-state index is 12.3. The molecule has 1 saturated heterocycles. The Balaban J connectivity index is 1.67. The van der Waals surface area contributed by atoms with E-state index in [2.05, 4.69) is 15.6 Å². The number of hydrogen-bond donors (Lipinski definition) is 3. The first-order chi connectivity index (χ1) is 12.2. The largest absolute Gasteiger partial charge is 0.457 e. The number of nitrogen functional groups attached to an aromatic ring is 1. The highest BCUT2D eigenvalue weighted by Crippen LogP contribution is 2.29. The Labute approximate surface area is 146 Å². The highest BCUT2D eigenvalue weighted by Gasteiger charge is 2.21. The van der Waals surface area contributed by atoms with E-state index in [0.717, 1.165) is 18.5 Å². The van der Waals surface area contributed by atoms with E-state index in [1.807, 2.05) is 6.07 Å². The lowest BCUT2D eigenvalue weighted by molar-refractivity contribution is -0.122. The topological polar surface area (TPSA) is 98.5 Å². The van der Waals surface area contributed by atoms with Gasteiger partial charge in [0, 0.05) is 44.5 Å². The molecule has 1 aliphatic heterocycles. The fourth-order valence-corrected chi connectivity index (χ4v) is 2.68. The number of nitrogens with one attached hydrogen (secondary N) is 2. The number of nitrogens with two attached hydrogens (primary N) is 1. The van der Waals surface area contributed by atoms with Crippen LogP contribution in [0.1, 0.15) is 12.8 Å². The van der Waals surface area contributed by atoms with Crippen LogP contribution in [0.4, 0.5) is 17.2 Å². The van der Waals surface area contributed by atoms with Crippen LogP contribution in [0.5, 0.6) is 11.5 Å². The standard InChI is InChI=1S/C18H22N4O3/c1-20-16-10-13(2-3-15(16)19)25-14-4-7-21-17(11-14)22-18(23)12-5-8-24-9-6-12/h2-4,7,10-12,20H,5-6,8-9,19H2,1H3,(H,21,22,23). The first kappa shape index (κ1) is 17.0. The predicted octanol–water partition coefficient (Wildman–Crippen LogP) is 2.86. The molecule has 1 amide bonds. The molecule has 1 fully saturated rings. The Morgan fingerprint density at radius 1 is 1.24 bits per heavy atom. The molecule has 25 heavy (non-hydrogen) atoms. The number of ether oxygens (including phenoxy) is 2. The summed E-state index contributed by atoms with van der Waals surface area (Å²) in [5.74, 6) is 1.64. The van der Waals surface area contributed by atoms with E-state index in [0.29, 0.717) is 36.2 Å². The molecular weight excluding hydrogens is 320 g/mol. The van der Waals surface area contributed by atoms with Crippen LogP contribution in [0.3, 0.4) is 0 Å². The maximum Gasteiger partial charge on any atom is 0.228 e. The molecule has 7 nitrogen and oxygen atoms in total. The maximum absolute atomic E-state index is 12.3. The van der Waals surface area contributed by atoms with Gasteiger partial charge in [0.1, 0.15) is 17.3 Å². The summed E-state index contributed by atoms with van der Waals surface area (Å²) in [6, 6.07) is 8.81. The third-order valence-corrected chi connectivity index (χ3v) is 4.10. The Morgan fingerprint density at radius 2 is 2.00 bits per heavy atom. The zero-order chi connectivity index (χ0) is 17.6. The summed E-state index contributed by atoms with van der Waals surface area (Å²) in [5, 5.41) is 5.86. The highest BCUT2D eigenvalue weighted by molar-refractivity contribution is 5.91. The van der Waals surface area contributed by atoms with Gasteiger partial charge >= 0.3 is 0 Å². The molecule has 0 saturated carbocycles. The fraction of sp³-hybridized carbons (Fsp3) is 0.333. The van der Waals surface area contributed by atoms with Crippen LogP contribution in [0.15, 0.2) is 36.5 Å². The first-order valence-electron chi connectivity index (χ1n) is 8.25. The van der Waals surface area contributed by atoms with Crippen LogP contribution in [0.25, 0.3) is 0 Å². The van der Waals surface area contributed by atoms with Crippen LogP contribution >= 0.6 is 0 Å². The molecular formula is C18H22N4O3. The van der Waals surface area contributed by atoms with Crippen molar-refractivity contribution >= 4 is 23.1 Å². The molecule has 0 unspecified atom stereocenters. The number of hydrogen-bond acceptors (Lipinski definition) is 6. The number of carbonyl (C=O) groups is 1. The molecule has 0 radical (unpaired) electrons. The molecule has 0 atom stereocenters. The molecule has 0 bridgehead atoms. The monoisotopic (exact) mass is 342 g/mol. The highest BCUT2D eigenvalue weighted by atomic mass is 16.5. The van der Waals surface area contributed by atoms with Crippen molar-refractivity contribution in [3.63, 3.8) is 0 Å². The van der Waals surface area contributed by atoms with Crippen molar-refractivity contribution in [1.29, 1.82) is 0 Å². The van der Waals surface area contributed by atoms with Gasteiger partial charge in [-0.1, -0.05) is 0 Å². The van der Waals surface area contributed by atoms with E-state index in [-0.39, 0.29) is 11.8 Å². The lowest BCUT2D eigenvalue weighted by Crippen LogP contribution is -2.28. The summed E-state index contributed by atoms with van der Waals surface area (Å²) in [6.45, 7) is 1.25. The molecule has 4 N–H and O–H groups in total. The fourth-order valence-electron chi connectivity index (χ4n) is 2.68. The predicted molar refractivity (Wildman–Crippen MR) is 96.9 cm³/mol. The summed E-state index contributed by atoms with van der Waals surface area (Å²) in [4.78, 5) is 16.5. The zero-order valence-electron chi connectivity index (χ0n) is 14.1. The van der Waals surface area contributed by atoms with Gasteiger partial charge < -0.3 is 25.8 Å². The molecule has 1 aromatic heterocycles. The molecule has 0 spiro atoms. The van der Waals surface area contributed by atoms with Crippen molar-refractivity contribution in [3.05, 3.63) is 36.5 Å². The average Bonchev–Trinajstić information content (AvgIpc) is 2.64. The summed E-state index contributed by atoms with van der Waals surface area (Å²) in [5.41, 5.74) is 7.30. The van der Waals surface area contributed by atoms with E-state index in [9.17, 15) is 4.79 Å². The molecule has 2 heterocycles. The smallest absolute Gasteiger partial charge is 0.228 e. The number of amides is 1. The van der Waals surface area contributed by atoms with E-state index in [1.54, 1.807) is 37.5 Å². The van der Waals surface area contributed by atoms with Gasteiger partial charge in [-0.3, -0.25) is 4.79 Å². The van der Waals surface area contributed by atoms with E-state index >= 15 is 0 Å². The summed E-state index contributed by atoms with van der Waals surface area (Å²) < 4.78 is 11.1. The van der Waals surface area contributed by atoms with Gasteiger partial charge in [-0.25, -0.2) is 4.98 Å². The van der Waals surface area contributed by atoms with Crippen LogP contribution in [-0.2, 0) is 9.53 Å². The van der Waals surface area contributed by atoms with E-state index in [4.69, 9.17) is 15.2 Å². The first-order valence-corrected chi connectivity index (χ1v) is 8.25. The second-order valence-corrected chi connectivity index (χ2v) is 5.85.